The minimum atomic E-state index is -0.413. The van der Waals surface area contributed by atoms with Gasteiger partial charge in [-0.15, -0.1) is 0 Å². The van der Waals surface area contributed by atoms with Crippen molar-refractivity contribution in [1.29, 1.82) is 0 Å². The molecule has 0 atom stereocenters. The number of benzene rings is 1. The Morgan fingerprint density at radius 3 is 2.87 bits per heavy atom. The van der Waals surface area contributed by atoms with E-state index in [9.17, 15) is 10.1 Å². The third-order valence-corrected chi connectivity index (χ3v) is 2.15. The smallest absolute Gasteiger partial charge is 0.270 e. The molecule has 1 aromatic carbocycles. The number of rotatable bonds is 2. The molecule has 0 spiro atoms. The van der Waals surface area contributed by atoms with Crippen LogP contribution in [0, 0.1) is 10.1 Å². The van der Waals surface area contributed by atoms with Crippen LogP contribution in [-0.2, 0) is 0 Å². The first-order valence-corrected chi connectivity index (χ1v) is 4.35. The van der Waals surface area contributed by atoms with E-state index in [0.717, 1.165) is 10.9 Å². The summed E-state index contributed by atoms with van der Waals surface area (Å²) in [5.74, 6) is 0. The van der Waals surface area contributed by atoms with Gasteiger partial charge in [0.25, 0.3) is 11.2 Å². The van der Waals surface area contributed by atoms with Crippen molar-refractivity contribution in [2.24, 2.45) is 0 Å². The van der Waals surface area contributed by atoms with E-state index in [1.165, 1.54) is 12.1 Å². The van der Waals surface area contributed by atoms with Crippen LogP contribution < -0.4 is 9.57 Å². The highest BCUT2D eigenvalue weighted by atomic mass is 16.6. The SMILES string of the molecule is CO[n+]1cccc2cc([N+](=O)[O-])ccc21. The van der Waals surface area contributed by atoms with Crippen LogP contribution in [0.25, 0.3) is 10.9 Å². The lowest BCUT2D eigenvalue weighted by Crippen LogP contribution is -2.40. The van der Waals surface area contributed by atoms with Crippen LogP contribution in [0.2, 0.25) is 0 Å². The Bertz CT molecular complexity index is 525. The van der Waals surface area contributed by atoms with Crippen molar-refractivity contribution in [1.82, 2.24) is 0 Å². The summed E-state index contributed by atoms with van der Waals surface area (Å²) in [4.78, 5) is 15.2. The van der Waals surface area contributed by atoms with Gasteiger partial charge in [0.05, 0.1) is 10.3 Å². The largest absolute Gasteiger partial charge is 0.274 e. The van der Waals surface area contributed by atoms with Gasteiger partial charge in [0.2, 0.25) is 6.20 Å². The first-order chi connectivity index (χ1) is 7.22. The van der Waals surface area contributed by atoms with E-state index < -0.39 is 4.92 Å². The van der Waals surface area contributed by atoms with Gasteiger partial charge >= 0.3 is 0 Å². The summed E-state index contributed by atoms with van der Waals surface area (Å²) in [5.41, 5.74) is 0.877. The fourth-order valence-electron chi connectivity index (χ4n) is 1.45. The van der Waals surface area contributed by atoms with E-state index in [2.05, 4.69) is 0 Å². The molecule has 2 rings (SSSR count). The predicted octanol–water partition coefficient (Wildman–Crippen LogP) is 1.09. The molecule has 15 heavy (non-hydrogen) atoms. The van der Waals surface area contributed by atoms with Crippen molar-refractivity contribution in [3.05, 3.63) is 46.6 Å². The lowest BCUT2D eigenvalue weighted by Gasteiger charge is -1.96. The van der Waals surface area contributed by atoms with E-state index in [1.54, 1.807) is 36.2 Å². The van der Waals surface area contributed by atoms with E-state index in [1.807, 2.05) is 0 Å². The van der Waals surface area contributed by atoms with Gasteiger partial charge in [0, 0.05) is 29.0 Å². The van der Waals surface area contributed by atoms with Crippen LogP contribution in [-0.4, -0.2) is 12.0 Å². The summed E-state index contributed by atoms with van der Waals surface area (Å²) in [6.07, 6.45) is 1.74. The highest BCUT2D eigenvalue weighted by Crippen LogP contribution is 2.17. The van der Waals surface area contributed by atoms with Gasteiger partial charge in [0.15, 0.2) is 0 Å². The number of aromatic nitrogens is 1. The zero-order chi connectivity index (χ0) is 10.8. The number of hydrogen-bond acceptors (Lipinski definition) is 3. The number of non-ortho nitro benzene ring substituents is 1. The molecule has 0 bridgehead atoms. The number of nitro groups is 1. The zero-order valence-corrected chi connectivity index (χ0v) is 8.08. The average Bonchev–Trinajstić information content (AvgIpc) is 2.27. The van der Waals surface area contributed by atoms with Gasteiger partial charge in [-0.3, -0.25) is 15.0 Å². The van der Waals surface area contributed by atoms with E-state index in [0.29, 0.717) is 0 Å². The molecule has 76 valence electrons. The van der Waals surface area contributed by atoms with Crippen LogP contribution in [0.5, 0.6) is 0 Å². The average molecular weight is 205 g/mol. The fraction of sp³-hybridized carbons (Fsp3) is 0.100. The van der Waals surface area contributed by atoms with Crippen molar-refractivity contribution in [2.45, 2.75) is 0 Å². The highest BCUT2D eigenvalue weighted by molar-refractivity contribution is 5.77. The van der Waals surface area contributed by atoms with Crippen molar-refractivity contribution >= 4 is 16.6 Å². The van der Waals surface area contributed by atoms with E-state index >= 15 is 0 Å². The second kappa shape index (κ2) is 3.53. The molecule has 5 nitrogen and oxygen atoms in total. The van der Waals surface area contributed by atoms with Crippen LogP contribution in [0.3, 0.4) is 0 Å². The maximum absolute atomic E-state index is 10.6. The standard InChI is InChI=1S/C10H9N2O3/c1-15-11-6-2-3-8-7-9(12(13)14)4-5-10(8)11/h2-7H,1H3/q+1. The summed E-state index contributed by atoms with van der Waals surface area (Å²) < 4.78 is 1.55. The third kappa shape index (κ3) is 1.59. The minimum absolute atomic E-state index is 0.0800. The summed E-state index contributed by atoms with van der Waals surface area (Å²) >= 11 is 0. The van der Waals surface area contributed by atoms with Crippen LogP contribution in [0.4, 0.5) is 5.69 Å². The molecule has 0 saturated carbocycles. The van der Waals surface area contributed by atoms with E-state index in [-0.39, 0.29) is 5.69 Å². The molecule has 2 aromatic rings. The topological polar surface area (TPSA) is 56.2 Å². The summed E-state index contributed by atoms with van der Waals surface area (Å²) in [5, 5.41) is 11.3. The molecule has 1 heterocycles. The molecular formula is C10H9N2O3+. The van der Waals surface area contributed by atoms with Crippen molar-refractivity contribution in [2.75, 3.05) is 7.11 Å². The molecule has 0 aliphatic heterocycles. The van der Waals surface area contributed by atoms with Crippen LogP contribution in [0.15, 0.2) is 36.5 Å². The highest BCUT2D eigenvalue weighted by Gasteiger charge is 2.13. The molecular weight excluding hydrogens is 196 g/mol. The number of hydrogen-bond donors (Lipinski definition) is 0. The first kappa shape index (κ1) is 9.39. The molecule has 0 aliphatic carbocycles. The second-order valence-corrected chi connectivity index (χ2v) is 3.02. The van der Waals surface area contributed by atoms with Gasteiger partial charge in [-0.1, -0.05) is 0 Å². The molecule has 1 aromatic heterocycles. The maximum Gasteiger partial charge on any atom is 0.270 e. The molecule has 0 unspecified atom stereocenters. The lowest BCUT2D eigenvalue weighted by atomic mass is 10.2. The fourth-order valence-corrected chi connectivity index (χ4v) is 1.45. The second-order valence-electron chi connectivity index (χ2n) is 3.02. The minimum Gasteiger partial charge on any atom is -0.274 e. The van der Waals surface area contributed by atoms with Crippen LogP contribution >= 0.6 is 0 Å². The van der Waals surface area contributed by atoms with Crippen LogP contribution in [0.1, 0.15) is 0 Å². The number of nitro benzene ring substituents is 1. The molecule has 0 aliphatic rings. The van der Waals surface area contributed by atoms with Crippen molar-refractivity contribution in [3.63, 3.8) is 0 Å². The zero-order valence-electron chi connectivity index (χ0n) is 8.08. The predicted molar refractivity (Wildman–Crippen MR) is 53.3 cm³/mol. The molecule has 0 saturated heterocycles. The molecule has 5 heteroatoms. The van der Waals surface area contributed by atoms with Gasteiger partial charge in [-0.2, -0.15) is 0 Å². The van der Waals surface area contributed by atoms with Gasteiger partial charge in [0.1, 0.15) is 7.11 Å². The van der Waals surface area contributed by atoms with Gasteiger partial charge < -0.3 is 0 Å². The van der Waals surface area contributed by atoms with Gasteiger partial charge in [-0.25, -0.2) is 0 Å². The Morgan fingerprint density at radius 2 is 2.20 bits per heavy atom. The summed E-state index contributed by atoms with van der Waals surface area (Å²) in [6.45, 7) is 0. The molecule has 0 amide bonds. The molecule has 0 N–H and O–H groups in total. The Labute approximate surface area is 85.6 Å². The quantitative estimate of drug-likeness (QED) is 0.419. The Morgan fingerprint density at radius 1 is 1.40 bits per heavy atom. The molecule has 0 fully saturated rings. The van der Waals surface area contributed by atoms with Gasteiger partial charge in [-0.05, 0) is 6.07 Å². The molecule has 0 radical (unpaired) electrons. The number of fused-ring (bicyclic) bond motifs is 1. The summed E-state index contributed by atoms with van der Waals surface area (Å²) in [7, 11) is 1.54. The Kier molecular flexibility index (Phi) is 2.21. The van der Waals surface area contributed by atoms with Crippen molar-refractivity contribution < 1.29 is 14.5 Å². The Balaban J connectivity index is 2.69. The first-order valence-electron chi connectivity index (χ1n) is 4.35. The number of pyridine rings is 1. The Hall–Kier alpha value is -2.17. The van der Waals surface area contributed by atoms with E-state index in [4.69, 9.17) is 4.84 Å². The van der Waals surface area contributed by atoms with Crippen molar-refractivity contribution in [3.8, 4) is 0 Å². The maximum atomic E-state index is 10.6. The normalized spacial score (nSPS) is 10.2. The monoisotopic (exact) mass is 205 g/mol. The number of nitrogens with zero attached hydrogens (tertiary/aromatic N) is 2. The third-order valence-electron chi connectivity index (χ3n) is 2.15. The summed E-state index contributed by atoms with van der Waals surface area (Å²) in [6, 6.07) is 8.22. The lowest BCUT2D eigenvalue weighted by molar-refractivity contribution is -0.865.